The van der Waals surface area contributed by atoms with Crippen molar-refractivity contribution in [3.8, 4) is 11.5 Å². The molecule has 0 bridgehead atoms. The van der Waals surface area contributed by atoms with Crippen LogP contribution >= 0.6 is 11.6 Å². The Morgan fingerprint density at radius 3 is 2.18 bits per heavy atom. The molecule has 10 heteroatoms. The third kappa shape index (κ3) is 8.40. The maximum atomic E-state index is 13.1. The van der Waals surface area contributed by atoms with Gasteiger partial charge < -0.3 is 25.1 Å². The van der Waals surface area contributed by atoms with E-state index in [4.69, 9.17) is 16.3 Å². The van der Waals surface area contributed by atoms with Crippen molar-refractivity contribution in [2.45, 2.75) is 22.3 Å². The summed E-state index contributed by atoms with van der Waals surface area (Å²) >= 11 is 5.97. The summed E-state index contributed by atoms with van der Waals surface area (Å²) in [6.07, 6.45) is -0.0152. The zero-order valence-corrected chi connectivity index (χ0v) is 24.8. The van der Waals surface area contributed by atoms with Crippen molar-refractivity contribution in [2.75, 3.05) is 13.1 Å². The normalized spacial score (nSPS) is 11.8. The Labute approximate surface area is 254 Å². The Bertz CT molecular complexity index is 1510. The van der Waals surface area contributed by atoms with Crippen LogP contribution in [0.15, 0.2) is 107 Å². The first-order chi connectivity index (χ1) is 18.2. The van der Waals surface area contributed by atoms with Crippen molar-refractivity contribution in [1.29, 1.82) is 0 Å². The fourth-order valence-corrected chi connectivity index (χ4v) is 5.24. The number of carboxylic acid groups (broad SMARTS) is 1. The van der Waals surface area contributed by atoms with Gasteiger partial charge in [0.15, 0.2) is 0 Å². The van der Waals surface area contributed by atoms with Crippen molar-refractivity contribution in [1.82, 2.24) is 5.32 Å². The topological polar surface area (TPSA) is 116 Å². The SMILES string of the molecule is O=C([O-])c1cccc(Oc2ccc(S(=O)(=O)c3ccc(CCNC[C@H](O)c4cccc(Cl)c4)cc3)cc2)c1.[Na+]. The van der Waals surface area contributed by atoms with E-state index < -0.39 is 21.9 Å². The minimum Gasteiger partial charge on any atom is -0.545 e. The minimum absolute atomic E-state index is 0. The Hall–Kier alpha value is -2.69. The maximum absolute atomic E-state index is 13.1. The standard InChI is InChI=1S/C29H26ClNO6S.Na/c30-23-5-1-3-21(17-23)28(32)19-31-16-15-20-7-11-26(12-8-20)38(35,36)27-13-9-24(10-14-27)37-25-6-2-4-22(18-25)29(33)34;/h1-14,17-18,28,31-32H,15-16,19H2,(H,33,34);/q;+1/p-1/t28-;/m0./s1. The predicted octanol–water partition coefficient (Wildman–Crippen LogP) is 1.20. The van der Waals surface area contributed by atoms with Crippen molar-refractivity contribution in [3.05, 3.63) is 119 Å². The van der Waals surface area contributed by atoms with E-state index in [2.05, 4.69) is 5.32 Å². The number of carbonyl (C=O) groups excluding carboxylic acids is 1. The number of aromatic carboxylic acids is 1. The van der Waals surface area contributed by atoms with Crippen molar-refractivity contribution in [3.63, 3.8) is 0 Å². The Kier molecular flexibility index (Phi) is 11.1. The molecule has 0 aromatic heterocycles. The molecule has 0 saturated heterocycles. The monoisotopic (exact) mass is 573 g/mol. The van der Waals surface area contributed by atoms with Gasteiger partial charge in [0.1, 0.15) is 11.5 Å². The van der Waals surface area contributed by atoms with Crippen LogP contribution in [-0.4, -0.2) is 32.6 Å². The first-order valence-corrected chi connectivity index (χ1v) is 13.7. The molecule has 0 aliphatic carbocycles. The van der Waals surface area contributed by atoms with Gasteiger partial charge in [0.05, 0.1) is 21.9 Å². The smallest absolute Gasteiger partial charge is 0.545 e. The molecule has 196 valence electrons. The van der Waals surface area contributed by atoms with Crippen LogP contribution in [0.5, 0.6) is 11.5 Å². The number of halogens is 1. The average molecular weight is 574 g/mol. The number of nitrogens with one attached hydrogen (secondary N) is 1. The number of aliphatic hydroxyl groups excluding tert-OH is 1. The van der Waals surface area contributed by atoms with Crippen molar-refractivity contribution in [2.24, 2.45) is 0 Å². The quantitative estimate of drug-likeness (QED) is 0.205. The van der Waals surface area contributed by atoms with Crippen molar-refractivity contribution < 1.29 is 57.7 Å². The number of benzene rings is 4. The maximum Gasteiger partial charge on any atom is 1.00 e. The van der Waals surface area contributed by atoms with Gasteiger partial charge in [-0.15, -0.1) is 0 Å². The molecule has 4 aromatic carbocycles. The Morgan fingerprint density at radius 1 is 0.897 bits per heavy atom. The van der Waals surface area contributed by atoms with Crippen molar-refractivity contribution >= 4 is 27.4 Å². The molecule has 0 fully saturated rings. The van der Waals surface area contributed by atoms with E-state index in [0.717, 1.165) is 11.1 Å². The summed E-state index contributed by atoms with van der Waals surface area (Å²) in [4.78, 5) is 11.3. The molecule has 4 rings (SSSR count). The van der Waals surface area contributed by atoms with Gasteiger partial charge in [-0.25, -0.2) is 8.42 Å². The number of carbonyl (C=O) groups is 1. The van der Waals surface area contributed by atoms with Gasteiger partial charge in [0, 0.05) is 17.1 Å². The van der Waals surface area contributed by atoms with Crippen LogP contribution in [0, 0.1) is 0 Å². The van der Waals surface area contributed by atoms with E-state index in [1.807, 2.05) is 6.07 Å². The second-order valence-electron chi connectivity index (χ2n) is 8.56. The summed E-state index contributed by atoms with van der Waals surface area (Å²) in [6, 6.07) is 25.5. The van der Waals surface area contributed by atoms with Gasteiger partial charge in [-0.3, -0.25) is 0 Å². The van der Waals surface area contributed by atoms with Crippen LogP contribution < -0.4 is 44.7 Å². The zero-order valence-electron chi connectivity index (χ0n) is 21.2. The van der Waals surface area contributed by atoms with Gasteiger partial charge >= 0.3 is 29.6 Å². The molecular weight excluding hydrogens is 549 g/mol. The van der Waals surface area contributed by atoms with E-state index in [0.29, 0.717) is 36.0 Å². The number of hydrogen-bond donors (Lipinski definition) is 2. The van der Waals surface area contributed by atoms with Gasteiger partial charge in [0.2, 0.25) is 9.84 Å². The second kappa shape index (κ2) is 14.1. The fraction of sp³-hybridized carbons (Fsp3) is 0.138. The fourth-order valence-electron chi connectivity index (χ4n) is 3.78. The molecule has 4 aromatic rings. The van der Waals surface area contributed by atoms with E-state index in [1.54, 1.807) is 48.5 Å². The van der Waals surface area contributed by atoms with Gasteiger partial charge in [-0.05, 0) is 84.8 Å². The largest absolute Gasteiger partial charge is 1.00 e. The number of carboxylic acids is 1. The van der Waals surface area contributed by atoms with Crippen LogP contribution in [0.3, 0.4) is 0 Å². The summed E-state index contributed by atoms with van der Waals surface area (Å²) in [5.74, 6) is -0.652. The molecule has 2 N–H and O–H groups in total. The van der Waals surface area contributed by atoms with Crippen LogP contribution in [0.1, 0.15) is 27.6 Å². The van der Waals surface area contributed by atoms with Gasteiger partial charge in [-0.1, -0.05) is 48.0 Å². The van der Waals surface area contributed by atoms with Crippen LogP contribution in [-0.2, 0) is 16.3 Å². The minimum atomic E-state index is -3.73. The van der Waals surface area contributed by atoms with E-state index in [9.17, 15) is 23.4 Å². The summed E-state index contributed by atoms with van der Waals surface area (Å²) < 4.78 is 31.8. The first-order valence-electron chi connectivity index (χ1n) is 11.8. The number of ether oxygens (including phenoxy) is 1. The number of rotatable bonds is 11. The van der Waals surface area contributed by atoms with Gasteiger partial charge in [-0.2, -0.15) is 0 Å². The summed E-state index contributed by atoms with van der Waals surface area (Å²) in [6.45, 7) is 0.978. The Morgan fingerprint density at radius 2 is 1.54 bits per heavy atom. The third-order valence-corrected chi connectivity index (χ3v) is 7.86. The summed E-state index contributed by atoms with van der Waals surface area (Å²) in [7, 11) is -3.73. The molecule has 0 aliphatic heterocycles. The molecule has 0 unspecified atom stereocenters. The average Bonchev–Trinajstić information content (AvgIpc) is 2.92. The summed E-state index contributed by atoms with van der Waals surface area (Å²) in [5, 5.41) is 25.1. The molecule has 0 spiro atoms. The van der Waals surface area contributed by atoms with Gasteiger partial charge in [0.25, 0.3) is 0 Å². The zero-order chi connectivity index (χ0) is 27.1. The molecule has 0 amide bonds. The molecule has 39 heavy (non-hydrogen) atoms. The Balaban J connectivity index is 0.00000420. The van der Waals surface area contributed by atoms with E-state index in [-0.39, 0.29) is 44.9 Å². The summed E-state index contributed by atoms with van der Waals surface area (Å²) in [5.41, 5.74) is 1.68. The second-order valence-corrected chi connectivity index (χ2v) is 10.9. The molecular formula is C29H25ClNNaO6S. The molecule has 1 atom stereocenters. The number of hydrogen-bond acceptors (Lipinski definition) is 7. The van der Waals surface area contributed by atoms with E-state index in [1.165, 1.54) is 42.5 Å². The molecule has 0 aliphatic rings. The van der Waals surface area contributed by atoms with Crippen LogP contribution in [0.4, 0.5) is 0 Å². The predicted molar refractivity (Wildman–Crippen MR) is 142 cm³/mol. The van der Waals surface area contributed by atoms with Crippen LogP contribution in [0.25, 0.3) is 0 Å². The molecule has 0 heterocycles. The molecule has 7 nitrogen and oxygen atoms in total. The van der Waals surface area contributed by atoms with E-state index >= 15 is 0 Å². The first kappa shape index (κ1) is 30.8. The molecule has 0 saturated carbocycles. The third-order valence-electron chi connectivity index (χ3n) is 5.83. The number of sulfone groups is 1. The number of aliphatic hydroxyl groups is 1. The molecule has 0 radical (unpaired) electrons. The van der Waals surface area contributed by atoms with Crippen LogP contribution in [0.2, 0.25) is 5.02 Å².